The zero-order chi connectivity index (χ0) is 21.1. The number of rotatable bonds is 5. The van der Waals surface area contributed by atoms with E-state index in [1.807, 2.05) is 4.68 Å². The number of halogens is 3. The molecule has 2 aromatic heterocycles. The largest absolute Gasteiger partial charge is 0.301 e. The number of benzene rings is 1. The summed E-state index contributed by atoms with van der Waals surface area (Å²) in [5.41, 5.74) is 0.867. The Labute approximate surface area is 189 Å². The summed E-state index contributed by atoms with van der Waals surface area (Å²) in [6.45, 7) is 3.84. The second-order valence-corrected chi connectivity index (χ2v) is 8.45. The van der Waals surface area contributed by atoms with Crippen LogP contribution in [0.1, 0.15) is 36.0 Å². The number of amides is 1. The number of likely N-dealkylation sites (tertiary alicyclic amines) is 1. The van der Waals surface area contributed by atoms with Crippen LogP contribution in [0.15, 0.2) is 30.7 Å². The molecular weight excluding hydrogens is 447 g/mol. The van der Waals surface area contributed by atoms with E-state index in [9.17, 15) is 4.79 Å². The molecule has 0 aliphatic carbocycles. The second kappa shape index (κ2) is 9.47. The zero-order valence-corrected chi connectivity index (χ0v) is 18.5. The van der Waals surface area contributed by atoms with Gasteiger partial charge in [-0.25, -0.2) is 14.6 Å². The van der Waals surface area contributed by atoms with Gasteiger partial charge in [0, 0.05) is 23.3 Å². The number of aromatic nitrogens is 4. The maximum atomic E-state index is 12.9. The minimum atomic E-state index is -0.504. The molecule has 4 rings (SSSR count). The maximum Gasteiger partial charge on any atom is 0.275 e. The first kappa shape index (κ1) is 21.3. The molecule has 1 amide bonds. The molecule has 7 nitrogen and oxygen atoms in total. The number of carbonyl (C=O) groups is 1. The molecule has 0 bridgehead atoms. The molecule has 10 heteroatoms. The highest BCUT2D eigenvalue weighted by Crippen LogP contribution is 2.28. The van der Waals surface area contributed by atoms with E-state index >= 15 is 0 Å². The smallest absolute Gasteiger partial charge is 0.275 e. The van der Waals surface area contributed by atoms with Crippen molar-refractivity contribution in [2.45, 2.75) is 32.2 Å². The van der Waals surface area contributed by atoms with E-state index in [4.69, 9.17) is 35.0 Å². The van der Waals surface area contributed by atoms with Crippen molar-refractivity contribution in [2.24, 2.45) is 0 Å². The molecule has 30 heavy (non-hydrogen) atoms. The van der Waals surface area contributed by atoms with Gasteiger partial charge < -0.3 is 4.90 Å². The highest BCUT2D eigenvalue weighted by molar-refractivity contribution is 6.43. The zero-order valence-electron chi connectivity index (χ0n) is 16.3. The Morgan fingerprint density at radius 2 is 1.83 bits per heavy atom. The van der Waals surface area contributed by atoms with Crippen molar-refractivity contribution in [3.63, 3.8) is 0 Å². The fraction of sp³-hybridized carbons (Fsp3) is 0.400. The summed E-state index contributed by atoms with van der Waals surface area (Å²) in [7, 11) is 0. The van der Waals surface area contributed by atoms with Gasteiger partial charge in [-0.2, -0.15) is 9.52 Å². The van der Waals surface area contributed by atoms with Gasteiger partial charge in [-0.15, -0.1) is 0 Å². The minimum Gasteiger partial charge on any atom is -0.301 e. The van der Waals surface area contributed by atoms with Gasteiger partial charge in [0.2, 0.25) is 0 Å². The lowest BCUT2D eigenvalue weighted by molar-refractivity contribution is 0.101. The molecular formula is C20H21Cl3N6O. The van der Waals surface area contributed by atoms with E-state index in [-0.39, 0.29) is 16.4 Å². The summed E-state index contributed by atoms with van der Waals surface area (Å²) < 4.78 is 2.77. The summed E-state index contributed by atoms with van der Waals surface area (Å²) in [5, 5.41) is 5.71. The van der Waals surface area contributed by atoms with Gasteiger partial charge in [0.1, 0.15) is 6.33 Å². The summed E-state index contributed by atoms with van der Waals surface area (Å²) >= 11 is 18.4. The number of hydrogen-bond acceptors (Lipinski definition) is 5. The first-order valence-electron chi connectivity index (χ1n) is 9.89. The molecule has 0 N–H and O–H groups in total. The van der Waals surface area contributed by atoms with E-state index in [0.717, 1.165) is 24.1 Å². The number of nitrogens with zero attached hydrogens (tertiary/aromatic N) is 6. The Hall–Kier alpha value is -1.93. The third-order valence-corrected chi connectivity index (χ3v) is 6.13. The van der Waals surface area contributed by atoms with Crippen molar-refractivity contribution in [3.8, 4) is 0 Å². The van der Waals surface area contributed by atoms with Gasteiger partial charge in [0.05, 0.1) is 28.7 Å². The van der Waals surface area contributed by atoms with Crippen molar-refractivity contribution >= 4 is 57.7 Å². The van der Waals surface area contributed by atoms with Crippen molar-refractivity contribution in [2.75, 3.05) is 24.1 Å². The molecule has 0 spiro atoms. The number of carbonyl (C=O) groups excluding carboxylic acids is 1. The average Bonchev–Trinajstić information content (AvgIpc) is 2.97. The molecule has 0 saturated carbocycles. The SMILES string of the molecule is O=C(c1ccc(Cl)cc1Cl)N(Cl)c1ncnc2c1cnn2CCN1CCCCCC1. The molecule has 0 unspecified atom stereocenters. The van der Waals surface area contributed by atoms with Crippen LogP contribution in [-0.2, 0) is 6.54 Å². The fourth-order valence-corrected chi connectivity index (χ4v) is 4.38. The lowest BCUT2D eigenvalue weighted by atomic mass is 10.2. The minimum absolute atomic E-state index is 0.219. The molecule has 3 aromatic rings. The molecule has 1 saturated heterocycles. The van der Waals surface area contributed by atoms with Gasteiger partial charge in [-0.05, 0) is 44.1 Å². The van der Waals surface area contributed by atoms with Gasteiger partial charge >= 0.3 is 0 Å². The predicted molar refractivity (Wildman–Crippen MR) is 119 cm³/mol. The Kier molecular flexibility index (Phi) is 6.73. The lowest BCUT2D eigenvalue weighted by Crippen LogP contribution is -2.28. The number of hydrogen-bond donors (Lipinski definition) is 0. The van der Waals surface area contributed by atoms with Crippen LogP contribution in [0.3, 0.4) is 0 Å². The van der Waals surface area contributed by atoms with Gasteiger partial charge in [-0.3, -0.25) is 4.79 Å². The predicted octanol–water partition coefficient (Wildman–Crippen LogP) is 4.81. The molecule has 158 valence electrons. The van der Waals surface area contributed by atoms with Crippen LogP contribution in [0.2, 0.25) is 10.0 Å². The van der Waals surface area contributed by atoms with Crippen molar-refractivity contribution < 1.29 is 4.79 Å². The van der Waals surface area contributed by atoms with Crippen molar-refractivity contribution in [1.29, 1.82) is 0 Å². The average molecular weight is 468 g/mol. The molecule has 3 heterocycles. The van der Waals surface area contributed by atoms with Gasteiger partial charge in [0.25, 0.3) is 5.91 Å². The van der Waals surface area contributed by atoms with E-state index in [1.54, 1.807) is 12.3 Å². The Bertz CT molecular complexity index is 1050. The summed E-state index contributed by atoms with van der Waals surface area (Å²) in [6.07, 6.45) is 8.10. The molecule has 0 radical (unpaired) electrons. The van der Waals surface area contributed by atoms with E-state index in [1.165, 1.54) is 44.1 Å². The number of anilines is 1. The summed E-state index contributed by atoms with van der Waals surface area (Å²) in [5.74, 6) is -0.241. The summed E-state index contributed by atoms with van der Waals surface area (Å²) in [6, 6.07) is 4.62. The topological polar surface area (TPSA) is 67.2 Å². The van der Waals surface area contributed by atoms with Crippen LogP contribution in [-0.4, -0.2) is 50.2 Å². The van der Waals surface area contributed by atoms with Crippen LogP contribution >= 0.6 is 35.0 Å². The van der Waals surface area contributed by atoms with Crippen molar-refractivity contribution in [3.05, 3.63) is 46.3 Å². The molecule has 1 aliphatic rings. The van der Waals surface area contributed by atoms with Gasteiger partial charge in [0.15, 0.2) is 11.5 Å². The van der Waals surface area contributed by atoms with Crippen LogP contribution in [0.5, 0.6) is 0 Å². The third kappa shape index (κ3) is 4.54. The van der Waals surface area contributed by atoms with E-state index in [0.29, 0.717) is 22.6 Å². The monoisotopic (exact) mass is 466 g/mol. The molecule has 1 aromatic carbocycles. The lowest BCUT2D eigenvalue weighted by Gasteiger charge is -2.19. The van der Waals surface area contributed by atoms with Gasteiger partial charge in [-0.1, -0.05) is 36.0 Å². The Morgan fingerprint density at radius 1 is 1.07 bits per heavy atom. The van der Waals surface area contributed by atoms with Crippen LogP contribution in [0.4, 0.5) is 5.82 Å². The molecule has 0 atom stereocenters. The highest BCUT2D eigenvalue weighted by Gasteiger charge is 2.23. The number of fused-ring (bicyclic) bond motifs is 1. The van der Waals surface area contributed by atoms with Crippen LogP contribution in [0, 0.1) is 0 Å². The standard InChI is InChI=1S/C20H21Cl3N6O/c21-14-5-6-15(17(22)11-14)20(30)29(23)19-16-12-26-28(18(16)24-13-25-19)10-9-27-7-3-1-2-4-8-27/h5-6,11-13H,1-4,7-10H2. The molecule has 1 aliphatic heterocycles. The molecule has 1 fully saturated rings. The fourth-order valence-electron chi connectivity index (χ4n) is 3.66. The quantitative estimate of drug-likeness (QED) is 0.504. The first-order valence-corrected chi connectivity index (χ1v) is 11.0. The highest BCUT2D eigenvalue weighted by atomic mass is 35.5. The van der Waals surface area contributed by atoms with Crippen LogP contribution in [0.25, 0.3) is 11.0 Å². The van der Waals surface area contributed by atoms with Crippen molar-refractivity contribution in [1.82, 2.24) is 24.6 Å². The first-order chi connectivity index (χ1) is 14.5. The van der Waals surface area contributed by atoms with Crippen LogP contribution < -0.4 is 4.42 Å². The van der Waals surface area contributed by atoms with E-state index < -0.39 is 5.91 Å². The third-order valence-electron chi connectivity index (χ3n) is 5.27. The second-order valence-electron chi connectivity index (χ2n) is 7.27. The Balaban J connectivity index is 1.55. The normalized spacial score (nSPS) is 15.3. The van der Waals surface area contributed by atoms with E-state index in [2.05, 4.69) is 20.0 Å². The Morgan fingerprint density at radius 3 is 2.57 bits per heavy atom. The summed E-state index contributed by atoms with van der Waals surface area (Å²) in [4.78, 5) is 23.9. The maximum absolute atomic E-state index is 12.9.